The van der Waals surface area contributed by atoms with Gasteiger partial charge in [-0.3, -0.25) is 4.79 Å². The van der Waals surface area contributed by atoms with Crippen LogP contribution in [0.4, 0.5) is 0 Å². The van der Waals surface area contributed by atoms with E-state index in [9.17, 15) is 4.79 Å². The average molecular weight is 320 g/mol. The second kappa shape index (κ2) is 7.60. The van der Waals surface area contributed by atoms with Gasteiger partial charge >= 0.3 is 0 Å². The Balaban J connectivity index is 1.55. The highest BCUT2D eigenvalue weighted by Crippen LogP contribution is 2.26. The smallest absolute Gasteiger partial charge is 0.251 e. The summed E-state index contributed by atoms with van der Waals surface area (Å²) in [4.78, 5) is 14.8. The Morgan fingerprint density at radius 1 is 1.17 bits per heavy atom. The summed E-state index contributed by atoms with van der Waals surface area (Å²) in [5.74, 6) is 0.500. The third-order valence-corrected chi connectivity index (χ3v) is 4.93. The van der Waals surface area contributed by atoms with Gasteiger partial charge in [0.15, 0.2) is 6.10 Å². The van der Waals surface area contributed by atoms with Gasteiger partial charge in [0.2, 0.25) is 0 Å². The maximum absolute atomic E-state index is 12.6. The van der Waals surface area contributed by atoms with Crippen molar-refractivity contribution < 1.29 is 14.3 Å². The molecule has 3 rings (SSSR count). The molecule has 0 aromatic heterocycles. The molecule has 1 amide bonds. The van der Waals surface area contributed by atoms with E-state index < -0.39 is 6.10 Å². The van der Waals surface area contributed by atoms with Gasteiger partial charge in [-0.05, 0) is 32.9 Å². The van der Waals surface area contributed by atoms with Gasteiger partial charge in [0.1, 0.15) is 12.2 Å². The van der Waals surface area contributed by atoms with Crippen molar-refractivity contribution in [1.29, 1.82) is 0 Å². The number of nitrogens with zero attached hydrogens (tertiary/aromatic N) is 1. The topological polar surface area (TPSA) is 50.8 Å². The van der Waals surface area contributed by atoms with Crippen LogP contribution in [0.1, 0.15) is 25.7 Å². The molecule has 5 nitrogen and oxygen atoms in total. The molecule has 0 bridgehead atoms. The van der Waals surface area contributed by atoms with Gasteiger partial charge in [-0.25, -0.2) is 0 Å². The van der Waals surface area contributed by atoms with E-state index in [4.69, 9.17) is 9.47 Å². The highest BCUT2D eigenvalue weighted by atomic mass is 16.6. The summed E-state index contributed by atoms with van der Waals surface area (Å²) in [6.45, 7) is 1.35. The molecule has 0 radical (unpaired) electrons. The molecule has 1 saturated carbocycles. The van der Waals surface area contributed by atoms with Gasteiger partial charge in [-0.1, -0.05) is 37.1 Å². The van der Waals surface area contributed by atoms with E-state index in [2.05, 4.69) is 24.3 Å². The van der Waals surface area contributed by atoms with Gasteiger partial charge in [-0.15, -0.1) is 0 Å². The van der Waals surface area contributed by atoms with E-state index >= 15 is 0 Å². The molecule has 1 saturated heterocycles. The summed E-state index contributed by atoms with van der Waals surface area (Å²) in [5.41, 5.74) is 0. The highest BCUT2D eigenvalue weighted by molar-refractivity contribution is 5.81. The number of nitrogens with one attached hydrogen (secondary N) is 1. The molecule has 1 N–H and O–H groups in total. The lowest BCUT2D eigenvalue weighted by molar-refractivity contribution is -0.169. The lowest BCUT2D eigenvalue weighted by Crippen LogP contribution is -2.53. The van der Waals surface area contributed by atoms with E-state index in [1.54, 1.807) is 0 Å². The van der Waals surface area contributed by atoms with E-state index in [1.165, 1.54) is 19.3 Å². The maximum Gasteiger partial charge on any atom is 0.251 e. The summed E-state index contributed by atoms with van der Waals surface area (Å²) < 4.78 is 11.7. The Labute approximate surface area is 138 Å². The highest BCUT2D eigenvalue weighted by Gasteiger charge is 2.35. The third-order valence-electron chi connectivity index (χ3n) is 4.93. The zero-order valence-corrected chi connectivity index (χ0v) is 14.1. The number of carbonyl (C=O) groups is 1. The van der Waals surface area contributed by atoms with Crippen LogP contribution in [0.25, 0.3) is 0 Å². The number of ether oxygens (including phenoxy) is 2. The lowest BCUT2D eigenvalue weighted by Gasteiger charge is -2.37. The van der Waals surface area contributed by atoms with Crippen LogP contribution in [0.3, 0.4) is 0 Å². The predicted molar refractivity (Wildman–Crippen MR) is 89.1 cm³/mol. The van der Waals surface area contributed by atoms with Crippen LogP contribution in [-0.2, 0) is 14.3 Å². The quantitative estimate of drug-likeness (QED) is 0.853. The first-order valence-corrected chi connectivity index (χ1v) is 8.70. The third kappa shape index (κ3) is 4.22. The monoisotopic (exact) mass is 320 g/mol. The number of hydrogen-bond acceptors (Lipinski definition) is 4. The van der Waals surface area contributed by atoms with Crippen molar-refractivity contribution in [3.05, 3.63) is 24.3 Å². The second-order valence-corrected chi connectivity index (χ2v) is 7.08. The summed E-state index contributed by atoms with van der Waals surface area (Å²) in [6.07, 6.45) is 11.8. The molecule has 5 unspecified atom stereocenters. The Morgan fingerprint density at radius 3 is 2.70 bits per heavy atom. The minimum atomic E-state index is -0.505. The molecular formula is C18H28N2O3. The summed E-state index contributed by atoms with van der Waals surface area (Å²) in [6, 6.07) is 0.252. The van der Waals surface area contributed by atoms with Crippen molar-refractivity contribution >= 4 is 5.91 Å². The second-order valence-electron chi connectivity index (χ2n) is 7.08. The molecule has 1 heterocycles. The first-order chi connectivity index (χ1) is 11.1. The molecule has 2 fully saturated rings. The Bertz CT molecular complexity index is 475. The van der Waals surface area contributed by atoms with Crippen molar-refractivity contribution in [2.75, 3.05) is 27.2 Å². The molecule has 3 aliphatic rings. The predicted octanol–water partition coefficient (Wildman–Crippen LogP) is 1.50. The van der Waals surface area contributed by atoms with Crippen LogP contribution in [0.15, 0.2) is 24.3 Å². The molecule has 0 aromatic rings. The average Bonchev–Trinajstić information content (AvgIpc) is 2.55. The Hall–Kier alpha value is -1.17. The molecule has 128 valence electrons. The molecule has 1 aliphatic heterocycles. The molecule has 2 aliphatic carbocycles. The van der Waals surface area contributed by atoms with Crippen LogP contribution in [0.2, 0.25) is 0 Å². The van der Waals surface area contributed by atoms with Crippen LogP contribution < -0.4 is 5.32 Å². The van der Waals surface area contributed by atoms with Crippen molar-refractivity contribution in [3.8, 4) is 0 Å². The summed E-state index contributed by atoms with van der Waals surface area (Å²) in [7, 11) is 4.18. The van der Waals surface area contributed by atoms with E-state index in [0.717, 1.165) is 13.0 Å². The molecule has 5 heteroatoms. The molecule has 0 spiro atoms. The van der Waals surface area contributed by atoms with Crippen molar-refractivity contribution in [3.63, 3.8) is 0 Å². The standard InChI is InChI=1S/C18H28N2O3/c1-20(2)11-13-7-3-4-8-14(13)19-18(21)17-12-22-15-9-5-6-10-16(15)23-17/h5-6,9-10,13-17H,3-4,7-8,11-12H2,1-2H3,(H,19,21). The Morgan fingerprint density at radius 2 is 1.91 bits per heavy atom. The lowest BCUT2D eigenvalue weighted by atomic mass is 9.84. The van der Waals surface area contributed by atoms with E-state index in [-0.39, 0.29) is 24.2 Å². The van der Waals surface area contributed by atoms with Gasteiger partial charge < -0.3 is 19.7 Å². The first-order valence-electron chi connectivity index (χ1n) is 8.70. The molecule has 23 heavy (non-hydrogen) atoms. The van der Waals surface area contributed by atoms with Crippen LogP contribution >= 0.6 is 0 Å². The van der Waals surface area contributed by atoms with Gasteiger partial charge in [0.25, 0.3) is 5.91 Å². The van der Waals surface area contributed by atoms with Crippen molar-refractivity contribution in [1.82, 2.24) is 10.2 Å². The van der Waals surface area contributed by atoms with E-state index in [0.29, 0.717) is 12.5 Å². The first kappa shape index (κ1) is 16.7. The van der Waals surface area contributed by atoms with Gasteiger partial charge in [-0.2, -0.15) is 0 Å². The minimum Gasteiger partial charge on any atom is -0.368 e. The molecular weight excluding hydrogens is 292 g/mol. The fourth-order valence-electron chi connectivity index (χ4n) is 3.77. The van der Waals surface area contributed by atoms with Crippen molar-refractivity contribution in [2.24, 2.45) is 5.92 Å². The van der Waals surface area contributed by atoms with Crippen LogP contribution in [0.5, 0.6) is 0 Å². The van der Waals surface area contributed by atoms with Crippen LogP contribution in [0, 0.1) is 5.92 Å². The number of fused-ring (bicyclic) bond motifs is 1. The largest absolute Gasteiger partial charge is 0.368 e. The molecule has 0 aromatic carbocycles. The Kier molecular flexibility index (Phi) is 5.51. The normalized spacial score (nSPS) is 36.7. The fraction of sp³-hybridized carbons (Fsp3) is 0.722. The number of allylic oxidation sites excluding steroid dienone is 2. The maximum atomic E-state index is 12.6. The summed E-state index contributed by atoms with van der Waals surface area (Å²) >= 11 is 0. The van der Waals surface area contributed by atoms with Crippen molar-refractivity contribution in [2.45, 2.75) is 50.0 Å². The molecule has 5 atom stereocenters. The number of amides is 1. The van der Waals surface area contributed by atoms with E-state index in [1.807, 2.05) is 24.3 Å². The van der Waals surface area contributed by atoms with Crippen LogP contribution in [-0.4, -0.2) is 62.4 Å². The van der Waals surface area contributed by atoms with Gasteiger partial charge in [0.05, 0.1) is 6.61 Å². The van der Waals surface area contributed by atoms with Gasteiger partial charge in [0, 0.05) is 12.6 Å². The fourth-order valence-corrected chi connectivity index (χ4v) is 3.77. The zero-order valence-electron chi connectivity index (χ0n) is 14.1. The zero-order chi connectivity index (χ0) is 16.2. The number of carbonyl (C=O) groups excluding carboxylic acids is 1. The number of hydrogen-bond donors (Lipinski definition) is 1. The SMILES string of the molecule is CN(C)CC1CCCCC1NC(=O)C1COC2C=CC=CC2O1. The summed E-state index contributed by atoms with van der Waals surface area (Å²) in [5, 5.41) is 3.23. The number of rotatable bonds is 4. The minimum absolute atomic E-state index is 0.0259.